The lowest BCUT2D eigenvalue weighted by atomic mass is 9.88. The Morgan fingerprint density at radius 3 is 2.47 bits per heavy atom. The topological polar surface area (TPSA) is 15.3 Å². The molecule has 0 spiro atoms. The van der Waals surface area contributed by atoms with Crippen molar-refractivity contribution in [2.24, 2.45) is 5.92 Å². The molecule has 17 heavy (non-hydrogen) atoms. The molecule has 0 aromatic carbocycles. The molecule has 1 fully saturated rings. The minimum Gasteiger partial charge on any atom is -0.303 e. The van der Waals surface area contributed by atoms with Crippen molar-refractivity contribution in [1.82, 2.24) is 10.2 Å². The first kappa shape index (κ1) is 14.5. The molecule has 0 aromatic rings. The first-order chi connectivity index (χ1) is 7.98. The second kappa shape index (κ2) is 6.42. The first-order valence-electron chi connectivity index (χ1n) is 6.96. The molecule has 1 N–H and O–H groups in total. The molecule has 0 radical (unpaired) electrons. The zero-order chi connectivity index (χ0) is 12.9. The fourth-order valence-corrected chi connectivity index (χ4v) is 2.72. The number of rotatable bonds is 5. The zero-order valence-electron chi connectivity index (χ0n) is 11.9. The maximum absolute atomic E-state index is 5.53. The van der Waals surface area contributed by atoms with Gasteiger partial charge in [0.25, 0.3) is 0 Å². The van der Waals surface area contributed by atoms with Gasteiger partial charge >= 0.3 is 0 Å². The van der Waals surface area contributed by atoms with Crippen molar-refractivity contribution in [3.8, 4) is 12.3 Å². The fourth-order valence-electron chi connectivity index (χ4n) is 2.72. The smallest absolute Gasteiger partial charge is 0.0743 e. The second-order valence-corrected chi connectivity index (χ2v) is 5.88. The van der Waals surface area contributed by atoms with Gasteiger partial charge in [0, 0.05) is 6.04 Å². The lowest BCUT2D eigenvalue weighted by molar-refractivity contribution is 0.156. The van der Waals surface area contributed by atoms with Crippen LogP contribution >= 0.6 is 0 Å². The number of nitrogens with zero attached hydrogens (tertiary/aromatic N) is 1. The van der Waals surface area contributed by atoms with Crippen LogP contribution in [-0.4, -0.2) is 36.1 Å². The maximum Gasteiger partial charge on any atom is 0.0743 e. The summed E-state index contributed by atoms with van der Waals surface area (Å²) in [6.45, 7) is 12.4. The lowest BCUT2D eigenvalue weighted by Crippen LogP contribution is -2.49. The zero-order valence-corrected chi connectivity index (χ0v) is 11.9. The van der Waals surface area contributed by atoms with Crippen LogP contribution < -0.4 is 5.32 Å². The van der Waals surface area contributed by atoms with Crippen molar-refractivity contribution in [3.05, 3.63) is 0 Å². The summed E-state index contributed by atoms with van der Waals surface area (Å²) in [6, 6.07) is 0.518. The highest BCUT2D eigenvalue weighted by Crippen LogP contribution is 2.22. The minimum atomic E-state index is -0.181. The van der Waals surface area contributed by atoms with Crippen LogP contribution in [-0.2, 0) is 0 Å². The minimum absolute atomic E-state index is 0.181. The van der Waals surface area contributed by atoms with E-state index in [0.717, 1.165) is 5.92 Å². The van der Waals surface area contributed by atoms with E-state index in [4.69, 9.17) is 6.42 Å². The normalized spacial score (nSPS) is 21.1. The average Bonchev–Trinajstić information content (AvgIpc) is 2.30. The second-order valence-electron chi connectivity index (χ2n) is 5.88. The van der Waals surface area contributed by atoms with E-state index < -0.39 is 0 Å². The number of nitrogens with one attached hydrogen (secondary N) is 1. The molecule has 1 aliphatic heterocycles. The Hall–Kier alpha value is -0.520. The highest BCUT2D eigenvalue weighted by Gasteiger charge is 2.26. The summed E-state index contributed by atoms with van der Waals surface area (Å²) in [7, 11) is 0. The maximum atomic E-state index is 5.53. The quantitative estimate of drug-likeness (QED) is 0.738. The van der Waals surface area contributed by atoms with Crippen molar-refractivity contribution in [2.75, 3.05) is 19.6 Å². The Kier molecular flexibility index (Phi) is 5.49. The summed E-state index contributed by atoms with van der Waals surface area (Å²) in [4.78, 5) is 2.58. The molecule has 1 saturated heterocycles. The SMILES string of the molecule is C#CC(C)(C)NC(C)C1CCN(CCC)CC1. The molecular formula is C15H28N2. The molecule has 98 valence electrons. The predicted molar refractivity (Wildman–Crippen MR) is 75.0 cm³/mol. The molecule has 0 saturated carbocycles. The van der Waals surface area contributed by atoms with Crippen LogP contribution in [0.1, 0.15) is 47.0 Å². The molecule has 1 atom stereocenters. The van der Waals surface area contributed by atoms with Gasteiger partial charge in [-0.25, -0.2) is 0 Å². The number of hydrogen-bond donors (Lipinski definition) is 1. The van der Waals surface area contributed by atoms with E-state index in [-0.39, 0.29) is 5.54 Å². The molecule has 0 aliphatic carbocycles. The van der Waals surface area contributed by atoms with Crippen molar-refractivity contribution in [2.45, 2.75) is 58.5 Å². The van der Waals surface area contributed by atoms with Crippen LogP contribution in [0, 0.1) is 18.3 Å². The highest BCUT2D eigenvalue weighted by molar-refractivity contribution is 5.08. The predicted octanol–water partition coefficient (Wildman–Crippen LogP) is 2.50. The van der Waals surface area contributed by atoms with Gasteiger partial charge in [-0.15, -0.1) is 6.42 Å². The Labute approximate surface area is 107 Å². The van der Waals surface area contributed by atoms with E-state index in [2.05, 4.69) is 43.8 Å². The van der Waals surface area contributed by atoms with Crippen molar-refractivity contribution in [1.29, 1.82) is 0 Å². The molecular weight excluding hydrogens is 208 g/mol. The summed E-state index contributed by atoms with van der Waals surface area (Å²) in [5.74, 6) is 3.59. The third-order valence-corrected chi connectivity index (χ3v) is 3.83. The number of terminal acetylenes is 1. The molecule has 1 heterocycles. The highest BCUT2D eigenvalue weighted by atomic mass is 15.1. The summed E-state index contributed by atoms with van der Waals surface area (Å²) in [6.07, 6.45) is 9.39. The van der Waals surface area contributed by atoms with Crippen LogP contribution in [0.2, 0.25) is 0 Å². The van der Waals surface area contributed by atoms with Crippen LogP contribution in [0.15, 0.2) is 0 Å². The molecule has 1 unspecified atom stereocenters. The summed E-state index contributed by atoms with van der Waals surface area (Å²) < 4.78 is 0. The molecule has 2 nitrogen and oxygen atoms in total. The largest absolute Gasteiger partial charge is 0.303 e. The van der Waals surface area contributed by atoms with E-state index in [1.807, 2.05) is 0 Å². The number of piperidine rings is 1. The number of hydrogen-bond acceptors (Lipinski definition) is 2. The molecule has 0 amide bonds. The summed E-state index contributed by atoms with van der Waals surface area (Å²) >= 11 is 0. The van der Waals surface area contributed by atoms with E-state index in [1.165, 1.54) is 38.9 Å². The molecule has 1 rings (SSSR count). The van der Waals surface area contributed by atoms with E-state index in [1.54, 1.807) is 0 Å². The van der Waals surface area contributed by atoms with Crippen LogP contribution in [0.3, 0.4) is 0 Å². The summed E-state index contributed by atoms with van der Waals surface area (Å²) in [5.41, 5.74) is -0.181. The van der Waals surface area contributed by atoms with Gasteiger partial charge in [0.05, 0.1) is 5.54 Å². The van der Waals surface area contributed by atoms with Gasteiger partial charge in [-0.2, -0.15) is 0 Å². The number of likely N-dealkylation sites (tertiary alicyclic amines) is 1. The van der Waals surface area contributed by atoms with Crippen molar-refractivity contribution >= 4 is 0 Å². The molecule has 2 heteroatoms. The Balaban J connectivity index is 2.36. The van der Waals surface area contributed by atoms with E-state index in [9.17, 15) is 0 Å². The fraction of sp³-hybridized carbons (Fsp3) is 0.867. The molecule has 0 bridgehead atoms. The van der Waals surface area contributed by atoms with Crippen LogP contribution in [0.4, 0.5) is 0 Å². The standard InChI is InChI=1S/C15H28N2/c1-6-10-17-11-8-14(9-12-17)13(3)16-15(4,5)7-2/h2,13-14,16H,6,8-12H2,1,3-5H3. The Bertz CT molecular complexity index is 257. The van der Waals surface area contributed by atoms with Gasteiger partial charge in [-0.1, -0.05) is 12.8 Å². The van der Waals surface area contributed by atoms with Crippen LogP contribution in [0.5, 0.6) is 0 Å². The molecule has 1 aliphatic rings. The van der Waals surface area contributed by atoms with Crippen molar-refractivity contribution in [3.63, 3.8) is 0 Å². The van der Waals surface area contributed by atoms with Gasteiger partial charge in [-0.05, 0) is 65.6 Å². The van der Waals surface area contributed by atoms with Gasteiger partial charge in [0.1, 0.15) is 0 Å². The Morgan fingerprint density at radius 2 is 2.00 bits per heavy atom. The van der Waals surface area contributed by atoms with Crippen LogP contribution in [0.25, 0.3) is 0 Å². The first-order valence-corrected chi connectivity index (χ1v) is 6.96. The van der Waals surface area contributed by atoms with E-state index in [0.29, 0.717) is 6.04 Å². The average molecular weight is 236 g/mol. The van der Waals surface area contributed by atoms with Crippen molar-refractivity contribution < 1.29 is 0 Å². The third kappa shape index (κ3) is 4.69. The van der Waals surface area contributed by atoms with Gasteiger partial charge in [-0.3, -0.25) is 5.32 Å². The van der Waals surface area contributed by atoms with Gasteiger partial charge in [0.2, 0.25) is 0 Å². The van der Waals surface area contributed by atoms with Gasteiger partial charge in [0.15, 0.2) is 0 Å². The third-order valence-electron chi connectivity index (χ3n) is 3.83. The Morgan fingerprint density at radius 1 is 1.41 bits per heavy atom. The molecule has 0 aromatic heterocycles. The van der Waals surface area contributed by atoms with E-state index >= 15 is 0 Å². The van der Waals surface area contributed by atoms with Gasteiger partial charge < -0.3 is 4.90 Å². The lowest BCUT2D eigenvalue weighted by Gasteiger charge is -2.37. The monoisotopic (exact) mass is 236 g/mol. The summed E-state index contributed by atoms with van der Waals surface area (Å²) in [5, 5.41) is 3.57.